The highest BCUT2D eigenvalue weighted by Crippen LogP contribution is 2.30. The van der Waals surface area contributed by atoms with Crippen molar-refractivity contribution in [2.24, 2.45) is 11.7 Å². The van der Waals surface area contributed by atoms with E-state index in [1.165, 1.54) is 6.33 Å². The number of carbonyl (C=O) groups is 1. The van der Waals surface area contributed by atoms with Gasteiger partial charge in [-0.2, -0.15) is 0 Å². The lowest BCUT2D eigenvalue weighted by Crippen LogP contribution is -2.42. The number of carbonyl (C=O) groups excluding carboxylic acids is 1. The summed E-state index contributed by atoms with van der Waals surface area (Å²) < 4.78 is 0. The van der Waals surface area contributed by atoms with Gasteiger partial charge in [-0.3, -0.25) is 4.90 Å². The summed E-state index contributed by atoms with van der Waals surface area (Å²) in [5, 5.41) is 0. The second kappa shape index (κ2) is 5.75. The van der Waals surface area contributed by atoms with Crippen LogP contribution < -0.4 is 10.6 Å². The van der Waals surface area contributed by atoms with Crippen LogP contribution in [0.5, 0.6) is 0 Å². The van der Waals surface area contributed by atoms with E-state index in [0.717, 1.165) is 51.0 Å². The van der Waals surface area contributed by atoms with E-state index in [1.807, 2.05) is 4.90 Å². The Morgan fingerprint density at radius 1 is 1.15 bits per heavy atom. The molecule has 0 aromatic carbocycles. The summed E-state index contributed by atoms with van der Waals surface area (Å²) in [6.07, 6.45) is 9.30. The third kappa shape index (κ3) is 2.47. The minimum atomic E-state index is 0.0935. The molecule has 108 valence electrons. The van der Waals surface area contributed by atoms with E-state index >= 15 is 0 Å². The molecule has 1 saturated heterocycles. The fraction of sp³-hybridized carbons (Fsp3) is 0.643. The summed E-state index contributed by atoms with van der Waals surface area (Å²) in [6.45, 7) is 2.29. The van der Waals surface area contributed by atoms with Gasteiger partial charge in [0.15, 0.2) is 0 Å². The first kappa shape index (κ1) is 13.3. The summed E-state index contributed by atoms with van der Waals surface area (Å²) in [5.74, 6) is 0.641. The van der Waals surface area contributed by atoms with Crippen LogP contribution >= 0.6 is 0 Å². The Balaban J connectivity index is 1.65. The van der Waals surface area contributed by atoms with Crippen LogP contribution in [0.1, 0.15) is 25.7 Å². The topological polar surface area (TPSA) is 75.3 Å². The SMILES string of the molecule is NCC1CCC(N2CCN(c3cncnc3)C2=O)CC1. The van der Waals surface area contributed by atoms with E-state index in [2.05, 4.69) is 9.97 Å². The average molecular weight is 275 g/mol. The first-order valence-corrected chi connectivity index (χ1v) is 7.33. The molecule has 6 heteroatoms. The van der Waals surface area contributed by atoms with Gasteiger partial charge in [-0.05, 0) is 38.1 Å². The largest absolute Gasteiger partial charge is 0.330 e. The molecule has 1 aliphatic carbocycles. The van der Waals surface area contributed by atoms with Crippen molar-refractivity contribution in [3.8, 4) is 0 Å². The van der Waals surface area contributed by atoms with Gasteiger partial charge in [0.2, 0.25) is 0 Å². The average Bonchev–Trinajstić information content (AvgIpc) is 2.90. The van der Waals surface area contributed by atoms with Crippen molar-refractivity contribution in [3.05, 3.63) is 18.7 Å². The van der Waals surface area contributed by atoms with E-state index in [4.69, 9.17) is 5.73 Å². The van der Waals surface area contributed by atoms with Gasteiger partial charge in [-0.15, -0.1) is 0 Å². The van der Waals surface area contributed by atoms with Crippen LogP contribution in [0, 0.1) is 5.92 Å². The van der Waals surface area contributed by atoms with Crippen molar-refractivity contribution in [1.29, 1.82) is 0 Å². The van der Waals surface area contributed by atoms with Crippen LogP contribution in [-0.4, -0.2) is 46.6 Å². The Labute approximate surface area is 119 Å². The molecule has 2 fully saturated rings. The smallest absolute Gasteiger partial charge is 0.324 e. The molecular weight excluding hydrogens is 254 g/mol. The van der Waals surface area contributed by atoms with Crippen LogP contribution in [0.4, 0.5) is 10.5 Å². The predicted molar refractivity (Wildman–Crippen MR) is 76.3 cm³/mol. The number of nitrogens with two attached hydrogens (primary N) is 1. The third-order valence-electron chi connectivity index (χ3n) is 4.49. The second-order valence-electron chi connectivity index (χ2n) is 5.63. The maximum atomic E-state index is 12.5. The Hall–Kier alpha value is -1.69. The monoisotopic (exact) mass is 275 g/mol. The van der Waals surface area contributed by atoms with Crippen LogP contribution in [0.15, 0.2) is 18.7 Å². The van der Waals surface area contributed by atoms with Gasteiger partial charge >= 0.3 is 6.03 Å². The maximum Gasteiger partial charge on any atom is 0.324 e. The molecule has 0 atom stereocenters. The molecule has 20 heavy (non-hydrogen) atoms. The number of urea groups is 1. The second-order valence-corrected chi connectivity index (χ2v) is 5.63. The summed E-state index contributed by atoms with van der Waals surface area (Å²) >= 11 is 0. The number of amides is 2. The first-order chi connectivity index (χ1) is 9.79. The molecule has 6 nitrogen and oxygen atoms in total. The van der Waals surface area contributed by atoms with Crippen molar-refractivity contribution in [1.82, 2.24) is 14.9 Å². The predicted octanol–water partition coefficient (Wildman–Crippen LogP) is 1.24. The summed E-state index contributed by atoms with van der Waals surface area (Å²) in [7, 11) is 0. The number of nitrogens with zero attached hydrogens (tertiary/aromatic N) is 4. The molecule has 1 saturated carbocycles. The van der Waals surface area contributed by atoms with Crippen molar-refractivity contribution >= 4 is 11.7 Å². The lowest BCUT2D eigenvalue weighted by atomic mass is 9.85. The highest BCUT2D eigenvalue weighted by Gasteiger charge is 2.36. The number of hydrogen-bond acceptors (Lipinski definition) is 4. The zero-order valence-electron chi connectivity index (χ0n) is 11.6. The molecule has 0 radical (unpaired) electrons. The van der Waals surface area contributed by atoms with Crippen LogP contribution in [-0.2, 0) is 0 Å². The molecule has 2 N–H and O–H groups in total. The Morgan fingerprint density at radius 3 is 2.50 bits per heavy atom. The quantitative estimate of drug-likeness (QED) is 0.900. The Bertz CT molecular complexity index is 458. The Morgan fingerprint density at radius 2 is 1.85 bits per heavy atom. The fourth-order valence-electron chi connectivity index (χ4n) is 3.26. The zero-order valence-corrected chi connectivity index (χ0v) is 11.6. The molecule has 0 bridgehead atoms. The molecule has 3 rings (SSSR count). The van der Waals surface area contributed by atoms with Gasteiger partial charge < -0.3 is 10.6 Å². The minimum absolute atomic E-state index is 0.0935. The molecule has 0 unspecified atom stereocenters. The minimum Gasteiger partial charge on any atom is -0.330 e. The molecule has 1 aromatic heterocycles. The van der Waals surface area contributed by atoms with Crippen LogP contribution in [0.3, 0.4) is 0 Å². The standard InChI is InChI=1S/C14H21N5O/c15-7-11-1-3-12(4-2-11)18-5-6-19(14(18)20)13-8-16-10-17-9-13/h8-12H,1-7,15H2. The number of aromatic nitrogens is 2. The molecule has 1 aromatic rings. The fourth-order valence-corrected chi connectivity index (χ4v) is 3.26. The normalized spacial score (nSPS) is 27.1. The highest BCUT2D eigenvalue weighted by molar-refractivity contribution is 5.94. The zero-order chi connectivity index (χ0) is 13.9. The third-order valence-corrected chi connectivity index (χ3v) is 4.49. The Kier molecular flexibility index (Phi) is 3.82. The molecule has 2 heterocycles. The molecule has 2 aliphatic rings. The van der Waals surface area contributed by atoms with Crippen molar-refractivity contribution in [3.63, 3.8) is 0 Å². The van der Waals surface area contributed by atoms with E-state index in [0.29, 0.717) is 12.0 Å². The van der Waals surface area contributed by atoms with Gasteiger partial charge in [0.1, 0.15) is 6.33 Å². The molecule has 1 aliphatic heterocycles. The molecular formula is C14H21N5O. The van der Waals surface area contributed by atoms with Crippen molar-refractivity contribution in [2.75, 3.05) is 24.5 Å². The summed E-state index contributed by atoms with van der Waals surface area (Å²) in [6, 6.07) is 0.468. The summed E-state index contributed by atoms with van der Waals surface area (Å²) in [4.78, 5) is 24.3. The maximum absolute atomic E-state index is 12.5. The van der Waals surface area contributed by atoms with Crippen molar-refractivity contribution in [2.45, 2.75) is 31.7 Å². The van der Waals surface area contributed by atoms with Gasteiger partial charge in [0.05, 0.1) is 18.1 Å². The molecule has 2 amide bonds. The molecule has 0 spiro atoms. The van der Waals surface area contributed by atoms with Gasteiger partial charge in [-0.25, -0.2) is 14.8 Å². The number of rotatable bonds is 3. The van der Waals surface area contributed by atoms with Crippen LogP contribution in [0.25, 0.3) is 0 Å². The lowest BCUT2D eigenvalue weighted by molar-refractivity contribution is 0.168. The van der Waals surface area contributed by atoms with Crippen LogP contribution in [0.2, 0.25) is 0 Å². The van der Waals surface area contributed by atoms with Gasteiger partial charge in [0, 0.05) is 19.1 Å². The first-order valence-electron chi connectivity index (χ1n) is 7.33. The summed E-state index contributed by atoms with van der Waals surface area (Å²) in [5.41, 5.74) is 6.51. The highest BCUT2D eigenvalue weighted by atomic mass is 16.2. The van der Waals surface area contributed by atoms with Crippen molar-refractivity contribution < 1.29 is 4.79 Å². The van der Waals surface area contributed by atoms with Gasteiger partial charge in [0.25, 0.3) is 0 Å². The van der Waals surface area contributed by atoms with Gasteiger partial charge in [-0.1, -0.05) is 0 Å². The number of hydrogen-bond donors (Lipinski definition) is 1. The van der Waals surface area contributed by atoms with E-state index in [1.54, 1.807) is 17.3 Å². The van der Waals surface area contributed by atoms with E-state index < -0.39 is 0 Å². The van der Waals surface area contributed by atoms with E-state index in [9.17, 15) is 4.79 Å². The number of anilines is 1. The lowest BCUT2D eigenvalue weighted by Gasteiger charge is -2.34. The van der Waals surface area contributed by atoms with E-state index in [-0.39, 0.29) is 6.03 Å².